The van der Waals surface area contributed by atoms with Gasteiger partial charge in [-0.05, 0) is 67.4 Å². The van der Waals surface area contributed by atoms with Crippen molar-refractivity contribution < 1.29 is 29.6 Å². The lowest BCUT2D eigenvalue weighted by Gasteiger charge is -2.44. The molecule has 6 atom stereocenters. The number of phenols is 1. The Labute approximate surface area is 228 Å². The van der Waals surface area contributed by atoms with E-state index in [1.165, 1.54) is 11.0 Å². The number of hydrogen-bond donors (Lipinski definition) is 4. The van der Waals surface area contributed by atoms with Crippen LogP contribution in [0.3, 0.4) is 0 Å². The summed E-state index contributed by atoms with van der Waals surface area (Å²) in [5.41, 5.74) is 2.66. The number of aliphatic hydroxyl groups excluding tert-OH is 1. The first-order valence-corrected chi connectivity index (χ1v) is 13.4. The van der Waals surface area contributed by atoms with E-state index in [1.54, 1.807) is 24.3 Å². The van der Waals surface area contributed by atoms with Crippen LogP contribution in [0.15, 0.2) is 77.3 Å². The van der Waals surface area contributed by atoms with Crippen molar-refractivity contribution in [2.75, 3.05) is 16.8 Å². The number of nitrogens with one attached hydrogen (secondary N) is 1. The Morgan fingerprint density at radius 3 is 2.39 bits per heavy atom. The second kappa shape index (κ2) is 9.50. The van der Waals surface area contributed by atoms with Crippen molar-refractivity contribution in [3.05, 3.63) is 82.8 Å². The maximum Gasteiger partial charge on any atom is 0.238 e. The third-order valence-electron chi connectivity index (χ3n) is 8.11. The Morgan fingerprint density at radius 1 is 0.974 bits per heavy atom. The van der Waals surface area contributed by atoms with Crippen molar-refractivity contribution in [1.82, 2.24) is 0 Å². The van der Waals surface area contributed by atoms with Gasteiger partial charge in [-0.25, -0.2) is 0 Å². The van der Waals surface area contributed by atoms with Gasteiger partial charge in [-0.1, -0.05) is 34.1 Å². The van der Waals surface area contributed by atoms with Crippen LogP contribution in [0.4, 0.5) is 17.1 Å². The molecule has 196 valence electrons. The Kier molecular flexibility index (Phi) is 6.26. The van der Waals surface area contributed by atoms with Crippen LogP contribution in [-0.4, -0.2) is 39.5 Å². The van der Waals surface area contributed by atoms with Gasteiger partial charge in [0.05, 0.1) is 30.2 Å². The van der Waals surface area contributed by atoms with Gasteiger partial charge in [-0.2, -0.15) is 0 Å². The highest BCUT2D eigenvalue weighted by atomic mass is 79.9. The molecule has 9 heteroatoms. The summed E-state index contributed by atoms with van der Waals surface area (Å²) in [7, 11) is 0. The second-order valence-corrected chi connectivity index (χ2v) is 11.1. The SMILES string of the molecule is O=C1[C@H]2[C@H](C[C@H](CO)[C@@]3(O)O[C@H](c4cc(Br)ccc4O)C[C@@H]23)C(=O)N1c1ccc(Nc2ccccc2)cc1. The molecule has 3 fully saturated rings. The van der Waals surface area contributed by atoms with E-state index < -0.39 is 42.2 Å². The number of aromatic hydroxyl groups is 1. The topological polar surface area (TPSA) is 119 Å². The molecule has 3 aromatic carbocycles. The summed E-state index contributed by atoms with van der Waals surface area (Å²) >= 11 is 3.40. The molecule has 0 unspecified atom stereocenters. The highest BCUT2D eigenvalue weighted by Crippen LogP contribution is 2.59. The Balaban J connectivity index is 1.29. The molecule has 2 amide bonds. The number of rotatable bonds is 5. The van der Waals surface area contributed by atoms with Gasteiger partial charge >= 0.3 is 0 Å². The fourth-order valence-electron chi connectivity index (χ4n) is 6.31. The number of ether oxygens (including phenoxy) is 1. The van der Waals surface area contributed by atoms with Crippen LogP contribution in [0, 0.1) is 23.7 Å². The molecule has 4 N–H and O–H groups in total. The quantitative estimate of drug-likeness (QED) is 0.329. The highest BCUT2D eigenvalue weighted by Gasteiger charge is 2.67. The summed E-state index contributed by atoms with van der Waals surface area (Å²) in [6.07, 6.45) is -0.346. The number of fused-ring (bicyclic) bond motifs is 3. The highest BCUT2D eigenvalue weighted by molar-refractivity contribution is 9.10. The predicted molar refractivity (Wildman–Crippen MR) is 144 cm³/mol. The molecular formula is C29H27BrN2O6. The van der Waals surface area contributed by atoms with Crippen LogP contribution in [0.2, 0.25) is 0 Å². The maximum absolute atomic E-state index is 13.8. The maximum atomic E-state index is 13.8. The van der Waals surface area contributed by atoms with Gasteiger partial charge in [0.1, 0.15) is 5.75 Å². The van der Waals surface area contributed by atoms with Crippen LogP contribution in [0.5, 0.6) is 5.75 Å². The lowest BCUT2D eigenvalue weighted by atomic mass is 9.64. The van der Waals surface area contributed by atoms with Crippen LogP contribution >= 0.6 is 15.9 Å². The van der Waals surface area contributed by atoms with E-state index in [9.17, 15) is 24.9 Å². The smallest absolute Gasteiger partial charge is 0.238 e. The number of phenolic OH excluding ortho intramolecular Hbond substituents is 1. The van der Waals surface area contributed by atoms with Gasteiger partial charge in [0.15, 0.2) is 5.79 Å². The molecule has 1 aliphatic carbocycles. The minimum atomic E-state index is -1.80. The fraction of sp³-hybridized carbons (Fsp3) is 0.310. The van der Waals surface area contributed by atoms with Crippen LogP contribution in [0.25, 0.3) is 0 Å². The normalized spacial score (nSPS) is 30.3. The van der Waals surface area contributed by atoms with E-state index >= 15 is 0 Å². The molecule has 2 heterocycles. The molecule has 38 heavy (non-hydrogen) atoms. The van der Waals surface area contributed by atoms with Crippen LogP contribution in [-0.2, 0) is 14.3 Å². The number of imide groups is 1. The first kappa shape index (κ1) is 25.1. The predicted octanol–water partition coefficient (Wildman–Crippen LogP) is 4.48. The number of aliphatic hydroxyl groups is 2. The summed E-state index contributed by atoms with van der Waals surface area (Å²) in [4.78, 5) is 28.5. The lowest BCUT2D eigenvalue weighted by molar-refractivity contribution is -0.274. The van der Waals surface area contributed by atoms with E-state index in [2.05, 4.69) is 21.2 Å². The Bertz CT molecular complexity index is 1380. The monoisotopic (exact) mass is 578 g/mol. The number of halogens is 1. The second-order valence-electron chi connectivity index (χ2n) is 10.2. The number of benzene rings is 3. The molecule has 0 aromatic heterocycles. The molecule has 0 spiro atoms. The number of hydrogen-bond acceptors (Lipinski definition) is 7. The van der Waals surface area contributed by atoms with Gasteiger partial charge in [-0.15, -0.1) is 0 Å². The largest absolute Gasteiger partial charge is 0.508 e. The minimum absolute atomic E-state index is 0.0113. The zero-order chi connectivity index (χ0) is 26.6. The van der Waals surface area contributed by atoms with Crippen molar-refractivity contribution in [2.24, 2.45) is 23.7 Å². The third-order valence-corrected chi connectivity index (χ3v) is 8.60. The van der Waals surface area contributed by atoms with E-state index in [4.69, 9.17) is 4.74 Å². The summed E-state index contributed by atoms with van der Waals surface area (Å²) in [5.74, 6) is -5.45. The standard InChI is InChI=1S/C29H27BrN2O6/c30-17-6-11-24(34)21(13-17)25-14-23-26-22(12-16(15-33)29(23,37)38-25)27(35)32(28(26)36)20-9-7-19(8-10-20)31-18-4-2-1-3-5-18/h1-11,13,16,22-23,25-26,31,33-34,37H,12,14-15H2/t16-,22+,23+,25+,26+,29-/m1/s1. The van der Waals surface area contributed by atoms with E-state index in [0.717, 1.165) is 15.8 Å². The fourth-order valence-corrected chi connectivity index (χ4v) is 6.68. The van der Waals surface area contributed by atoms with Crippen molar-refractivity contribution >= 4 is 44.8 Å². The summed E-state index contributed by atoms with van der Waals surface area (Å²) in [6.45, 7) is -0.394. The Morgan fingerprint density at radius 2 is 1.68 bits per heavy atom. The van der Waals surface area contributed by atoms with Crippen molar-refractivity contribution in [3.8, 4) is 5.75 Å². The van der Waals surface area contributed by atoms with Crippen LogP contribution < -0.4 is 10.2 Å². The van der Waals surface area contributed by atoms with Gasteiger partial charge in [0.25, 0.3) is 0 Å². The van der Waals surface area contributed by atoms with Gasteiger partial charge in [0, 0.05) is 33.2 Å². The van der Waals surface area contributed by atoms with Gasteiger partial charge in [-0.3, -0.25) is 14.5 Å². The summed E-state index contributed by atoms with van der Waals surface area (Å²) in [5, 5.41) is 35.6. The molecule has 0 bridgehead atoms. The number of para-hydroxylation sites is 1. The zero-order valence-corrected chi connectivity index (χ0v) is 21.9. The molecule has 2 saturated heterocycles. The van der Waals surface area contributed by atoms with Crippen molar-refractivity contribution in [3.63, 3.8) is 0 Å². The molecule has 1 saturated carbocycles. The first-order chi connectivity index (χ1) is 18.3. The molecular weight excluding hydrogens is 552 g/mol. The lowest BCUT2D eigenvalue weighted by Crippen LogP contribution is -2.54. The zero-order valence-electron chi connectivity index (χ0n) is 20.3. The first-order valence-electron chi connectivity index (χ1n) is 12.6. The number of amides is 2. The molecule has 3 aliphatic rings. The molecule has 3 aromatic rings. The Hall–Kier alpha value is -3.24. The minimum Gasteiger partial charge on any atom is -0.508 e. The summed E-state index contributed by atoms with van der Waals surface area (Å²) < 4.78 is 6.84. The van der Waals surface area contributed by atoms with Crippen LogP contribution in [0.1, 0.15) is 24.5 Å². The number of anilines is 3. The van der Waals surface area contributed by atoms with Crippen molar-refractivity contribution in [2.45, 2.75) is 24.7 Å². The molecule has 6 rings (SSSR count). The van der Waals surface area contributed by atoms with Crippen molar-refractivity contribution in [1.29, 1.82) is 0 Å². The van der Waals surface area contributed by atoms with Gasteiger partial charge < -0.3 is 25.4 Å². The molecule has 8 nitrogen and oxygen atoms in total. The van der Waals surface area contributed by atoms with E-state index in [0.29, 0.717) is 11.3 Å². The molecule has 2 aliphatic heterocycles. The molecule has 0 radical (unpaired) electrons. The van der Waals surface area contributed by atoms with E-state index in [-0.39, 0.29) is 30.4 Å². The van der Waals surface area contributed by atoms with Gasteiger partial charge in [0.2, 0.25) is 11.8 Å². The average molecular weight is 579 g/mol. The van der Waals surface area contributed by atoms with E-state index in [1.807, 2.05) is 42.5 Å². The summed E-state index contributed by atoms with van der Waals surface area (Å²) in [6, 6.07) is 21.7. The average Bonchev–Trinajstić information content (AvgIpc) is 3.39. The number of nitrogens with zero attached hydrogens (tertiary/aromatic N) is 1. The number of carbonyl (C=O) groups excluding carboxylic acids is 2. The number of carbonyl (C=O) groups is 2. The third kappa shape index (κ3) is 4.01.